The molecule has 0 aromatic heterocycles. The van der Waals surface area contributed by atoms with Crippen LogP contribution in [0.25, 0.3) is 0 Å². The number of fused-ring (bicyclic) bond motifs is 2. The molecule has 2 aliphatic rings. The third kappa shape index (κ3) is 4.76. The maximum absolute atomic E-state index is 13.2. The molecule has 0 saturated carbocycles. The summed E-state index contributed by atoms with van der Waals surface area (Å²) in [5, 5.41) is 5.54. The number of benzene rings is 2. The minimum atomic E-state index is -0.473. The highest BCUT2D eigenvalue weighted by Gasteiger charge is 2.31. The summed E-state index contributed by atoms with van der Waals surface area (Å²) in [4.78, 5) is 27.9. The minimum Gasteiger partial charge on any atom is -0.493 e. The zero-order valence-corrected chi connectivity index (χ0v) is 19.1. The van der Waals surface area contributed by atoms with E-state index in [-0.39, 0.29) is 11.9 Å². The van der Waals surface area contributed by atoms with Crippen molar-refractivity contribution in [2.24, 2.45) is 0 Å². The van der Waals surface area contributed by atoms with Gasteiger partial charge in [-0.05, 0) is 37.5 Å². The van der Waals surface area contributed by atoms with Gasteiger partial charge in [0.15, 0.2) is 11.5 Å². The van der Waals surface area contributed by atoms with Crippen LogP contribution in [0.15, 0.2) is 30.3 Å². The molecule has 2 aromatic rings. The number of carbonyl (C=O) groups is 2. The molecule has 0 spiro atoms. The third-order valence-corrected chi connectivity index (χ3v) is 5.99. The van der Waals surface area contributed by atoms with E-state index in [1.807, 2.05) is 4.90 Å². The van der Waals surface area contributed by atoms with Crippen molar-refractivity contribution in [1.82, 2.24) is 4.90 Å². The Morgan fingerprint density at radius 3 is 2.39 bits per heavy atom. The average molecular weight is 456 g/mol. The van der Waals surface area contributed by atoms with Crippen molar-refractivity contribution < 1.29 is 28.5 Å². The Kier molecular flexibility index (Phi) is 6.76. The van der Waals surface area contributed by atoms with Crippen LogP contribution in [0.1, 0.15) is 36.0 Å². The van der Waals surface area contributed by atoms with E-state index in [1.54, 1.807) is 30.3 Å². The van der Waals surface area contributed by atoms with Crippen molar-refractivity contribution >= 4 is 23.3 Å². The fourth-order valence-electron chi connectivity index (χ4n) is 4.38. The highest BCUT2D eigenvalue weighted by Crippen LogP contribution is 2.40. The summed E-state index contributed by atoms with van der Waals surface area (Å²) in [6.07, 6.45) is 3.97. The number of methoxy groups -OCH3 is 3. The third-order valence-electron chi connectivity index (χ3n) is 5.99. The number of amides is 3. The Labute approximate surface area is 192 Å². The second-order valence-electron chi connectivity index (χ2n) is 7.99. The highest BCUT2D eigenvalue weighted by molar-refractivity contribution is 6.02. The number of hydrogen-bond acceptors (Lipinski definition) is 6. The van der Waals surface area contributed by atoms with E-state index in [1.165, 1.54) is 21.3 Å². The molecule has 1 atom stereocenters. The molecule has 0 aliphatic carbocycles. The fourth-order valence-corrected chi connectivity index (χ4v) is 4.38. The first-order chi connectivity index (χ1) is 16.0. The largest absolute Gasteiger partial charge is 0.493 e. The van der Waals surface area contributed by atoms with Crippen LogP contribution in [0.2, 0.25) is 0 Å². The van der Waals surface area contributed by atoms with E-state index in [0.717, 1.165) is 32.2 Å². The van der Waals surface area contributed by atoms with Gasteiger partial charge in [0.05, 0.1) is 39.2 Å². The van der Waals surface area contributed by atoms with Gasteiger partial charge in [-0.15, -0.1) is 0 Å². The molecule has 2 N–H and O–H groups in total. The Morgan fingerprint density at radius 2 is 1.70 bits per heavy atom. The van der Waals surface area contributed by atoms with Crippen LogP contribution < -0.4 is 29.6 Å². The summed E-state index contributed by atoms with van der Waals surface area (Å²) in [5.41, 5.74) is 1.42. The summed E-state index contributed by atoms with van der Waals surface area (Å²) in [7, 11) is 4.52. The quantitative estimate of drug-likeness (QED) is 0.703. The monoisotopic (exact) mass is 455 g/mol. The molecule has 33 heavy (non-hydrogen) atoms. The van der Waals surface area contributed by atoms with Crippen molar-refractivity contribution in [2.45, 2.75) is 31.7 Å². The van der Waals surface area contributed by atoms with Gasteiger partial charge in [0, 0.05) is 36.8 Å². The van der Waals surface area contributed by atoms with Crippen LogP contribution in [-0.4, -0.2) is 57.4 Å². The van der Waals surface area contributed by atoms with Crippen LogP contribution in [0.3, 0.4) is 0 Å². The van der Waals surface area contributed by atoms with Crippen LogP contribution in [0.4, 0.5) is 16.2 Å². The predicted molar refractivity (Wildman–Crippen MR) is 124 cm³/mol. The molecule has 2 aromatic carbocycles. The standard InChI is InChI=1S/C24H29N3O6/c1-30-20-13-16(14-21(31-2)22(20)32-3)26-24(29)25-15-7-8-19-18(12-15)23(28)27-10-5-4-6-17(27)9-11-33-19/h7-8,12-14,17H,4-6,9-11H2,1-3H3,(H2,25,26,29). The minimum absolute atomic E-state index is 0.0527. The summed E-state index contributed by atoms with van der Waals surface area (Å²) >= 11 is 0. The second-order valence-corrected chi connectivity index (χ2v) is 7.99. The molecule has 0 bridgehead atoms. The second kappa shape index (κ2) is 9.89. The summed E-state index contributed by atoms with van der Waals surface area (Å²) < 4.78 is 21.8. The maximum atomic E-state index is 13.2. The number of rotatable bonds is 5. The molecular weight excluding hydrogens is 426 g/mol. The van der Waals surface area contributed by atoms with Gasteiger partial charge >= 0.3 is 6.03 Å². The Morgan fingerprint density at radius 1 is 0.970 bits per heavy atom. The van der Waals surface area contributed by atoms with Crippen molar-refractivity contribution in [3.8, 4) is 23.0 Å². The van der Waals surface area contributed by atoms with Crippen LogP contribution in [0.5, 0.6) is 23.0 Å². The van der Waals surface area contributed by atoms with Gasteiger partial charge in [-0.3, -0.25) is 4.79 Å². The molecule has 1 unspecified atom stereocenters. The van der Waals surface area contributed by atoms with Gasteiger partial charge in [-0.1, -0.05) is 0 Å². The lowest BCUT2D eigenvalue weighted by Crippen LogP contribution is -2.45. The topological polar surface area (TPSA) is 98.4 Å². The van der Waals surface area contributed by atoms with Crippen LogP contribution in [-0.2, 0) is 0 Å². The first kappa shape index (κ1) is 22.6. The number of ether oxygens (including phenoxy) is 4. The van der Waals surface area contributed by atoms with Gasteiger partial charge in [-0.2, -0.15) is 0 Å². The zero-order chi connectivity index (χ0) is 23.4. The SMILES string of the molecule is COc1cc(NC(=O)Nc2ccc3c(c2)C(=O)N2CCCCC2CCO3)cc(OC)c1OC. The number of nitrogens with zero attached hydrogens (tertiary/aromatic N) is 1. The van der Waals surface area contributed by atoms with Crippen molar-refractivity contribution in [3.05, 3.63) is 35.9 Å². The van der Waals surface area contributed by atoms with E-state index in [0.29, 0.717) is 46.5 Å². The Balaban J connectivity index is 1.52. The molecule has 4 rings (SSSR count). The van der Waals surface area contributed by atoms with Gasteiger partial charge in [0.1, 0.15) is 5.75 Å². The molecule has 3 amide bonds. The summed E-state index contributed by atoms with van der Waals surface area (Å²) in [5.74, 6) is 1.77. The molecule has 2 aliphatic heterocycles. The van der Waals surface area contributed by atoms with Crippen molar-refractivity contribution in [2.75, 3.05) is 45.1 Å². The average Bonchev–Trinajstić information content (AvgIpc) is 2.83. The zero-order valence-electron chi connectivity index (χ0n) is 19.1. The number of nitrogens with one attached hydrogen (secondary N) is 2. The molecule has 1 saturated heterocycles. The maximum Gasteiger partial charge on any atom is 0.323 e. The number of urea groups is 1. The molecule has 2 heterocycles. The van der Waals surface area contributed by atoms with E-state index >= 15 is 0 Å². The smallest absolute Gasteiger partial charge is 0.323 e. The first-order valence-electron chi connectivity index (χ1n) is 11.0. The van der Waals surface area contributed by atoms with Crippen molar-refractivity contribution in [1.29, 1.82) is 0 Å². The number of piperidine rings is 1. The number of hydrogen-bond donors (Lipinski definition) is 2. The van der Waals surface area contributed by atoms with Crippen LogP contribution in [0, 0.1) is 0 Å². The van der Waals surface area contributed by atoms with E-state index in [4.69, 9.17) is 18.9 Å². The Hall–Kier alpha value is -3.62. The molecule has 176 valence electrons. The first-order valence-corrected chi connectivity index (χ1v) is 11.0. The lowest BCUT2D eigenvalue weighted by Gasteiger charge is -2.37. The lowest BCUT2D eigenvalue weighted by molar-refractivity contribution is 0.0548. The van der Waals surface area contributed by atoms with E-state index < -0.39 is 6.03 Å². The molecule has 9 nitrogen and oxygen atoms in total. The van der Waals surface area contributed by atoms with Crippen LogP contribution >= 0.6 is 0 Å². The normalized spacial score (nSPS) is 17.5. The van der Waals surface area contributed by atoms with Gasteiger partial charge in [0.2, 0.25) is 5.75 Å². The predicted octanol–water partition coefficient (Wildman–Crippen LogP) is 4.13. The van der Waals surface area contributed by atoms with Crippen molar-refractivity contribution in [3.63, 3.8) is 0 Å². The molecule has 0 radical (unpaired) electrons. The van der Waals surface area contributed by atoms with Gasteiger partial charge in [0.25, 0.3) is 5.91 Å². The number of anilines is 2. The molecular formula is C24H29N3O6. The molecule has 1 fully saturated rings. The highest BCUT2D eigenvalue weighted by atomic mass is 16.5. The van der Waals surface area contributed by atoms with E-state index in [2.05, 4.69) is 10.6 Å². The summed E-state index contributed by atoms with van der Waals surface area (Å²) in [6, 6.07) is 8.12. The number of carbonyl (C=O) groups excluding carboxylic acids is 2. The summed E-state index contributed by atoms with van der Waals surface area (Å²) in [6.45, 7) is 1.32. The van der Waals surface area contributed by atoms with E-state index in [9.17, 15) is 9.59 Å². The molecule has 9 heteroatoms. The van der Waals surface area contributed by atoms with Gasteiger partial charge < -0.3 is 34.5 Å². The fraction of sp³-hybridized carbons (Fsp3) is 0.417. The lowest BCUT2D eigenvalue weighted by atomic mass is 9.97. The Bertz CT molecular complexity index is 1020. The van der Waals surface area contributed by atoms with Gasteiger partial charge in [-0.25, -0.2) is 4.79 Å².